The monoisotopic (exact) mass is 203 g/mol. The molecule has 0 aromatic rings. The van der Waals surface area contributed by atoms with Crippen LogP contribution in [0.25, 0.3) is 0 Å². The third-order valence-corrected chi connectivity index (χ3v) is 2.86. The van der Waals surface area contributed by atoms with Crippen LogP contribution in [0.15, 0.2) is 0 Å². The van der Waals surface area contributed by atoms with Crippen LogP contribution >= 0.6 is 11.8 Å². The Kier molecular flexibility index (Phi) is 12.6. The van der Waals surface area contributed by atoms with Gasteiger partial charge in [0, 0.05) is 0 Å². The number of rotatable bonds is 10. The average Bonchev–Trinajstić information content (AvgIpc) is 2.16. The molecule has 1 N–H and O–H groups in total. The van der Waals surface area contributed by atoms with Crippen molar-refractivity contribution in [2.45, 2.75) is 45.4 Å². The molecule has 0 saturated carbocycles. The lowest BCUT2D eigenvalue weighted by atomic mass is 10.2. The minimum Gasteiger partial charge on any atom is -0.317 e. The Balaban J connectivity index is 2.76. The molecule has 1 nitrogen and oxygen atoms in total. The molecule has 0 saturated heterocycles. The summed E-state index contributed by atoms with van der Waals surface area (Å²) in [6.07, 6.45) is 10.4. The molecule has 0 bridgehead atoms. The molecule has 0 aromatic carbocycles. The molecule has 13 heavy (non-hydrogen) atoms. The molecule has 0 aliphatic rings. The van der Waals surface area contributed by atoms with Crippen LogP contribution in [0.3, 0.4) is 0 Å². The Bertz CT molecular complexity index is 76.2. The quantitative estimate of drug-likeness (QED) is 0.547. The summed E-state index contributed by atoms with van der Waals surface area (Å²) in [6.45, 7) is 4.70. The maximum Gasteiger partial charge on any atom is -0.00486 e. The molecule has 0 spiro atoms. The van der Waals surface area contributed by atoms with Gasteiger partial charge in [-0.1, -0.05) is 26.2 Å². The second-order valence-corrected chi connectivity index (χ2v) is 4.50. The standard InChI is InChI=1S/C11H25NS/c1-3-4-5-6-9-12-10-7-8-11-13-2/h12H,3-11H2,1-2H3. The van der Waals surface area contributed by atoms with Crippen LogP contribution in [0, 0.1) is 0 Å². The normalized spacial score (nSPS) is 10.6. The molecule has 80 valence electrons. The van der Waals surface area contributed by atoms with Crippen molar-refractivity contribution in [3.05, 3.63) is 0 Å². The van der Waals surface area contributed by atoms with E-state index >= 15 is 0 Å². The molecule has 0 amide bonds. The molecule has 0 atom stereocenters. The molecule has 0 heterocycles. The summed E-state index contributed by atoms with van der Waals surface area (Å²) in [5.74, 6) is 1.32. The van der Waals surface area contributed by atoms with Crippen LogP contribution in [0.1, 0.15) is 45.4 Å². The van der Waals surface area contributed by atoms with Crippen LogP contribution in [0.2, 0.25) is 0 Å². The van der Waals surface area contributed by atoms with E-state index in [1.165, 1.54) is 57.4 Å². The fraction of sp³-hybridized carbons (Fsp3) is 1.00. The summed E-state index contributed by atoms with van der Waals surface area (Å²) in [6, 6.07) is 0. The van der Waals surface area contributed by atoms with E-state index in [1.807, 2.05) is 11.8 Å². The lowest BCUT2D eigenvalue weighted by Gasteiger charge is -2.03. The van der Waals surface area contributed by atoms with Gasteiger partial charge in [-0.2, -0.15) is 11.8 Å². The zero-order valence-electron chi connectivity index (χ0n) is 9.27. The van der Waals surface area contributed by atoms with Crippen molar-refractivity contribution in [1.82, 2.24) is 5.32 Å². The molecule has 0 unspecified atom stereocenters. The van der Waals surface area contributed by atoms with E-state index in [1.54, 1.807) is 0 Å². The Morgan fingerprint density at radius 1 is 0.923 bits per heavy atom. The lowest BCUT2D eigenvalue weighted by Crippen LogP contribution is -2.16. The van der Waals surface area contributed by atoms with E-state index in [-0.39, 0.29) is 0 Å². The SMILES string of the molecule is CCCCCCNCCCCSC. The zero-order valence-corrected chi connectivity index (χ0v) is 10.1. The fourth-order valence-electron chi connectivity index (χ4n) is 1.30. The molecule has 0 aromatic heterocycles. The first-order valence-electron chi connectivity index (χ1n) is 5.61. The van der Waals surface area contributed by atoms with Crippen molar-refractivity contribution in [1.29, 1.82) is 0 Å². The first-order chi connectivity index (χ1) is 6.41. The highest BCUT2D eigenvalue weighted by molar-refractivity contribution is 7.98. The molecular formula is C11H25NS. The van der Waals surface area contributed by atoms with Crippen LogP contribution in [0.5, 0.6) is 0 Å². The second-order valence-electron chi connectivity index (χ2n) is 3.51. The first-order valence-corrected chi connectivity index (χ1v) is 7.00. The third kappa shape index (κ3) is 12.3. The van der Waals surface area contributed by atoms with Crippen molar-refractivity contribution in [3.8, 4) is 0 Å². The summed E-state index contributed by atoms with van der Waals surface area (Å²) in [7, 11) is 0. The van der Waals surface area contributed by atoms with Gasteiger partial charge in [0.05, 0.1) is 0 Å². The average molecular weight is 203 g/mol. The third-order valence-electron chi connectivity index (χ3n) is 2.16. The zero-order chi connectivity index (χ0) is 9.78. The van der Waals surface area contributed by atoms with Gasteiger partial charge in [0.1, 0.15) is 0 Å². The van der Waals surface area contributed by atoms with Gasteiger partial charge in [-0.15, -0.1) is 0 Å². The van der Waals surface area contributed by atoms with Crippen LogP contribution in [-0.2, 0) is 0 Å². The first kappa shape index (κ1) is 13.3. The Morgan fingerprint density at radius 3 is 2.23 bits per heavy atom. The van der Waals surface area contributed by atoms with Crippen LogP contribution < -0.4 is 5.32 Å². The van der Waals surface area contributed by atoms with E-state index in [4.69, 9.17) is 0 Å². The molecule has 0 aliphatic carbocycles. The Morgan fingerprint density at radius 2 is 1.62 bits per heavy atom. The van der Waals surface area contributed by atoms with E-state index in [0.717, 1.165) is 0 Å². The summed E-state index contributed by atoms with van der Waals surface area (Å²) < 4.78 is 0. The topological polar surface area (TPSA) is 12.0 Å². The molecule has 0 radical (unpaired) electrons. The minimum absolute atomic E-state index is 1.21. The van der Waals surface area contributed by atoms with Gasteiger partial charge < -0.3 is 5.32 Å². The summed E-state index contributed by atoms with van der Waals surface area (Å²) in [4.78, 5) is 0. The van der Waals surface area contributed by atoms with Gasteiger partial charge in [-0.3, -0.25) is 0 Å². The number of thioether (sulfide) groups is 1. The second kappa shape index (κ2) is 12.3. The molecule has 2 heteroatoms. The summed E-state index contributed by atoms with van der Waals surface area (Å²) in [5, 5.41) is 3.49. The Hall–Kier alpha value is 0.310. The smallest absolute Gasteiger partial charge is 0.00486 e. The summed E-state index contributed by atoms with van der Waals surface area (Å²) >= 11 is 1.95. The largest absolute Gasteiger partial charge is 0.317 e. The highest BCUT2D eigenvalue weighted by Gasteiger charge is 1.89. The number of unbranched alkanes of at least 4 members (excludes halogenated alkanes) is 4. The van der Waals surface area contributed by atoms with Crippen molar-refractivity contribution in [2.24, 2.45) is 0 Å². The molecular weight excluding hydrogens is 178 g/mol. The number of hydrogen-bond donors (Lipinski definition) is 1. The maximum absolute atomic E-state index is 3.49. The highest BCUT2D eigenvalue weighted by Crippen LogP contribution is 1.99. The van der Waals surface area contributed by atoms with E-state index < -0.39 is 0 Å². The van der Waals surface area contributed by atoms with Crippen molar-refractivity contribution < 1.29 is 0 Å². The minimum atomic E-state index is 1.21. The van der Waals surface area contributed by atoms with E-state index in [9.17, 15) is 0 Å². The number of nitrogens with one attached hydrogen (secondary N) is 1. The van der Waals surface area contributed by atoms with Gasteiger partial charge >= 0.3 is 0 Å². The fourth-order valence-corrected chi connectivity index (χ4v) is 1.79. The maximum atomic E-state index is 3.49. The van der Waals surface area contributed by atoms with Crippen molar-refractivity contribution in [3.63, 3.8) is 0 Å². The Labute approximate surface area is 88.1 Å². The molecule has 0 aliphatic heterocycles. The van der Waals surface area contributed by atoms with Gasteiger partial charge in [-0.25, -0.2) is 0 Å². The van der Waals surface area contributed by atoms with Crippen LogP contribution in [0.4, 0.5) is 0 Å². The predicted molar refractivity (Wildman–Crippen MR) is 64.6 cm³/mol. The van der Waals surface area contributed by atoms with E-state index in [0.29, 0.717) is 0 Å². The van der Waals surface area contributed by atoms with Gasteiger partial charge in [0.25, 0.3) is 0 Å². The van der Waals surface area contributed by atoms with Crippen LogP contribution in [-0.4, -0.2) is 25.1 Å². The molecule has 0 rings (SSSR count). The van der Waals surface area contributed by atoms with Crippen molar-refractivity contribution in [2.75, 3.05) is 25.1 Å². The summed E-state index contributed by atoms with van der Waals surface area (Å²) in [5.41, 5.74) is 0. The van der Waals surface area contributed by atoms with E-state index in [2.05, 4.69) is 18.5 Å². The number of hydrogen-bond acceptors (Lipinski definition) is 2. The van der Waals surface area contributed by atoms with Gasteiger partial charge in [0.15, 0.2) is 0 Å². The predicted octanol–water partition coefficient (Wildman–Crippen LogP) is 3.30. The molecule has 0 fully saturated rings. The van der Waals surface area contributed by atoms with Crippen molar-refractivity contribution >= 4 is 11.8 Å². The lowest BCUT2D eigenvalue weighted by molar-refractivity contribution is 0.583. The highest BCUT2D eigenvalue weighted by atomic mass is 32.2. The van der Waals surface area contributed by atoms with Gasteiger partial charge in [0.2, 0.25) is 0 Å². The van der Waals surface area contributed by atoms with Gasteiger partial charge in [-0.05, 0) is 44.4 Å².